The van der Waals surface area contributed by atoms with Crippen LogP contribution in [0.15, 0.2) is 41.5 Å². The van der Waals surface area contributed by atoms with E-state index in [1.165, 1.54) is 12.4 Å². The Morgan fingerprint density at radius 1 is 1.00 bits per heavy atom. The van der Waals surface area contributed by atoms with Gasteiger partial charge in [0, 0.05) is 65.5 Å². The van der Waals surface area contributed by atoms with Gasteiger partial charge in [0.05, 0.1) is 5.39 Å². The van der Waals surface area contributed by atoms with E-state index in [-0.39, 0.29) is 35.4 Å². The highest BCUT2D eigenvalue weighted by molar-refractivity contribution is 7.85. The molecular weight excluding hydrogens is 556 g/mol. The van der Waals surface area contributed by atoms with Crippen molar-refractivity contribution in [1.82, 2.24) is 19.4 Å². The molecule has 10 heteroatoms. The van der Waals surface area contributed by atoms with Crippen LogP contribution in [0, 0.1) is 5.92 Å². The zero-order valence-corrected chi connectivity index (χ0v) is 25.2. The molecule has 8 bridgehead atoms. The number of benzene rings is 1. The van der Waals surface area contributed by atoms with Gasteiger partial charge in [-0.15, -0.1) is 0 Å². The van der Waals surface area contributed by atoms with Gasteiger partial charge >= 0.3 is 0 Å². The van der Waals surface area contributed by atoms with E-state index in [1.54, 1.807) is 16.7 Å². The number of rotatable bonds is 1. The number of alkyl halides is 2. The van der Waals surface area contributed by atoms with Crippen LogP contribution in [0.2, 0.25) is 0 Å². The maximum Gasteiger partial charge on any atom is 0.273 e. The van der Waals surface area contributed by atoms with Gasteiger partial charge in [-0.25, -0.2) is 18.7 Å². The van der Waals surface area contributed by atoms with Gasteiger partial charge in [-0.3, -0.25) is 13.6 Å². The van der Waals surface area contributed by atoms with Crippen molar-refractivity contribution in [2.24, 2.45) is 5.92 Å². The monoisotopic (exact) mass is 597 g/mol. The molecule has 2 aromatic heterocycles. The molecule has 1 N–H and O–H groups in total. The quantitative estimate of drug-likeness (QED) is 0.373. The normalized spacial score (nSPS) is 28.8. The van der Waals surface area contributed by atoms with E-state index in [9.17, 15) is 9.00 Å². The first-order valence-electron chi connectivity index (χ1n) is 15.5. The van der Waals surface area contributed by atoms with Crippen molar-refractivity contribution in [3.05, 3.63) is 63.7 Å². The van der Waals surface area contributed by atoms with Crippen LogP contribution in [0.25, 0.3) is 11.0 Å². The third-order valence-corrected chi connectivity index (χ3v) is 10.7. The molecule has 1 unspecified atom stereocenters. The molecule has 226 valence electrons. The van der Waals surface area contributed by atoms with Gasteiger partial charge < -0.3 is 10.2 Å². The molecule has 3 aromatic rings. The lowest BCUT2D eigenvalue weighted by Crippen LogP contribution is -2.48. The number of hydrogen-bond acceptors (Lipinski definition) is 6. The number of aromatic nitrogens is 3. The first kappa shape index (κ1) is 29.4. The highest BCUT2D eigenvalue weighted by atomic mass is 32.2. The lowest BCUT2D eigenvalue weighted by Gasteiger charge is -2.41. The summed E-state index contributed by atoms with van der Waals surface area (Å²) in [5, 5.41) is 4.21. The van der Waals surface area contributed by atoms with Crippen LogP contribution in [-0.2, 0) is 23.3 Å². The van der Waals surface area contributed by atoms with Gasteiger partial charge in [-0.1, -0.05) is 37.5 Å². The first-order chi connectivity index (χ1) is 20.3. The molecule has 1 aromatic carbocycles. The van der Waals surface area contributed by atoms with Gasteiger partial charge in [0.1, 0.15) is 17.8 Å². The highest BCUT2D eigenvalue weighted by Crippen LogP contribution is 2.39. The molecule has 4 aliphatic rings. The minimum atomic E-state index is -2.89. The number of halogens is 2. The summed E-state index contributed by atoms with van der Waals surface area (Å²) in [5.41, 5.74) is 2.11. The van der Waals surface area contributed by atoms with Crippen LogP contribution in [0.5, 0.6) is 0 Å². The average Bonchev–Trinajstić information content (AvgIpc) is 2.96. The van der Waals surface area contributed by atoms with Crippen LogP contribution in [-0.4, -0.2) is 54.8 Å². The summed E-state index contributed by atoms with van der Waals surface area (Å²) in [6.45, 7) is 4.97. The maximum absolute atomic E-state index is 15.4. The zero-order valence-electron chi connectivity index (χ0n) is 24.4. The summed E-state index contributed by atoms with van der Waals surface area (Å²) in [6, 6.07) is 8.34. The number of pyridine rings is 1. The Labute approximate surface area is 248 Å². The maximum atomic E-state index is 15.4. The van der Waals surface area contributed by atoms with E-state index in [0.29, 0.717) is 29.5 Å². The number of nitrogens with one attached hydrogen (secondary N) is 1. The molecule has 1 atom stereocenters. The summed E-state index contributed by atoms with van der Waals surface area (Å²) in [4.78, 5) is 25.3. The average molecular weight is 598 g/mol. The van der Waals surface area contributed by atoms with Crippen molar-refractivity contribution >= 4 is 27.7 Å². The highest BCUT2D eigenvalue weighted by Gasteiger charge is 2.39. The molecule has 0 saturated carbocycles. The Kier molecular flexibility index (Phi) is 8.73. The molecule has 7 rings (SSSR count). The van der Waals surface area contributed by atoms with Crippen molar-refractivity contribution in [3.8, 4) is 0 Å². The molecule has 4 aliphatic heterocycles. The summed E-state index contributed by atoms with van der Waals surface area (Å²) in [5.74, 6) is -1.03. The van der Waals surface area contributed by atoms with Crippen LogP contribution in [0.3, 0.4) is 0 Å². The second-order valence-corrected chi connectivity index (χ2v) is 14.1. The number of anilines is 1. The van der Waals surface area contributed by atoms with Crippen molar-refractivity contribution in [1.29, 1.82) is 0 Å². The molecule has 0 aliphatic carbocycles. The van der Waals surface area contributed by atoms with Gasteiger partial charge in [-0.2, -0.15) is 0 Å². The largest absolute Gasteiger partial charge is 0.363 e. The summed E-state index contributed by atoms with van der Waals surface area (Å²) >= 11 is 0. The number of fused-ring (bicyclic) bond motifs is 8. The van der Waals surface area contributed by atoms with Crippen molar-refractivity contribution in [3.63, 3.8) is 0 Å². The molecule has 0 radical (unpaired) electrons. The van der Waals surface area contributed by atoms with Gasteiger partial charge in [0.25, 0.3) is 11.5 Å². The SMILES string of the molecule is CC1Nc2ncnc3c2cc(C2CCS(=O)CC2)c(=O)n3CCCCCCCN2CC(C2)CC(F)(F)c2cccc1c2. The van der Waals surface area contributed by atoms with Crippen molar-refractivity contribution < 1.29 is 13.0 Å². The predicted molar refractivity (Wildman–Crippen MR) is 164 cm³/mol. The standard InChI is InChI=1S/C32H41F2N5O2S/c1-22-25-8-7-9-26(16-25)32(33,34)18-23-19-38(20-23)12-5-3-2-4-6-13-39-30-28(29(37-22)35-21-36-30)17-27(31(39)40)24-10-14-42(41)15-11-24/h7-9,16-17,21-24H,2-6,10-15,18-20H2,1H3,(H,35,36,37). The molecule has 0 amide bonds. The molecule has 0 spiro atoms. The van der Waals surface area contributed by atoms with E-state index < -0.39 is 16.7 Å². The minimum Gasteiger partial charge on any atom is -0.363 e. The molecular formula is C32H41F2N5O2S. The molecule has 42 heavy (non-hydrogen) atoms. The van der Waals surface area contributed by atoms with E-state index in [2.05, 4.69) is 20.2 Å². The second-order valence-electron chi connectivity index (χ2n) is 12.4. The molecule has 6 heterocycles. The zero-order chi connectivity index (χ0) is 29.3. The van der Waals surface area contributed by atoms with Crippen LogP contribution in [0.4, 0.5) is 14.6 Å². The summed E-state index contributed by atoms with van der Waals surface area (Å²) in [7, 11) is -0.824. The van der Waals surface area contributed by atoms with Crippen LogP contribution < -0.4 is 10.9 Å². The Morgan fingerprint density at radius 3 is 2.52 bits per heavy atom. The number of nitrogens with zero attached hydrogens (tertiary/aromatic N) is 4. The van der Waals surface area contributed by atoms with E-state index in [0.717, 1.165) is 81.1 Å². The lowest BCUT2D eigenvalue weighted by molar-refractivity contribution is -0.0568. The smallest absolute Gasteiger partial charge is 0.273 e. The second kappa shape index (κ2) is 12.5. The van der Waals surface area contributed by atoms with Crippen molar-refractivity contribution in [2.45, 2.75) is 82.7 Å². The van der Waals surface area contributed by atoms with E-state index in [4.69, 9.17) is 0 Å². The third-order valence-electron chi connectivity index (χ3n) is 9.33. The lowest BCUT2D eigenvalue weighted by atomic mass is 9.89. The van der Waals surface area contributed by atoms with Crippen molar-refractivity contribution in [2.75, 3.05) is 36.5 Å². The predicted octanol–water partition coefficient (Wildman–Crippen LogP) is 5.97. The fourth-order valence-electron chi connectivity index (χ4n) is 6.85. The van der Waals surface area contributed by atoms with Gasteiger partial charge in [0.2, 0.25) is 0 Å². The Hall–Kier alpha value is -2.72. The van der Waals surface area contributed by atoms with E-state index in [1.807, 2.05) is 19.1 Å². The van der Waals surface area contributed by atoms with Crippen LogP contribution >= 0.6 is 0 Å². The number of hydrogen-bond donors (Lipinski definition) is 1. The minimum absolute atomic E-state index is 0.0152. The molecule has 2 fully saturated rings. The summed E-state index contributed by atoms with van der Waals surface area (Å²) in [6.07, 6.45) is 7.91. The van der Waals surface area contributed by atoms with Gasteiger partial charge in [0.15, 0.2) is 0 Å². The Morgan fingerprint density at radius 2 is 1.74 bits per heavy atom. The van der Waals surface area contributed by atoms with Crippen LogP contribution in [0.1, 0.15) is 86.9 Å². The molecule has 2 saturated heterocycles. The topological polar surface area (TPSA) is 80.1 Å². The first-order valence-corrected chi connectivity index (χ1v) is 17.0. The molecule has 7 nitrogen and oxygen atoms in total. The fourth-order valence-corrected chi connectivity index (χ4v) is 8.15. The van der Waals surface area contributed by atoms with Gasteiger partial charge in [-0.05, 0) is 68.7 Å². The van der Waals surface area contributed by atoms with E-state index >= 15 is 8.78 Å². The number of aryl methyl sites for hydroxylation is 1. The fraction of sp³-hybridized carbons (Fsp3) is 0.594. The third kappa shape index (κ3) is 6.30. The Balaban J connectivity index is 1.37. The summed E-state index contributed by atoms with van der Waals surface area (Å²) < 4.78 is 44.7. The Bertz CT molecular complexity index is 1500.